The second kappa shape index (κ2) is 10.0. The smallest absolute Gasteiger partial charge is 0.338 e. The van der Waals surface area contributed by atoms with Crippen LogP contribution in [-0.2, 0) is 25.5 Å². The maximum absolute atomic E-state index is 12.2. The Morgan fingerprint density at radius 1 is 0.967 bits per heavy atom. The highest BCUT2D eigenvalue weighted by atomic mass is 16.5. The van der Waals surface area contributed by atoms with E-state index in [1.165, 1.54) is 0 Å². The average molecular weight is 414 g/mol. The van der Waals surface area contributed by atoms with E-state index < -0.39 is 29.9 Å². The molecule has 0 aliphatic carbocycles. The lowest BCUT2D eigenvalue weighted by atomic mass is 9.82. The van der Waals surface area contributed by atoms with Crippen LogP contribution in [0.5, 0.6) is 0 Å². The summed E-state index contributed by atoms with van der Waals surface area (Å²) in [6.45, 7) is 4.98. The Bertz CT molecular complexity index is 886. The number of benzene rings is 2. The molecule has 0 heterocycles. The molecule has 0 atom stereocenters. The Balaban J connectivity index is 2.34. The first-order chi connectivity index (χ1) is 14.2. The summed E-state index contributed by atoms with van der Waals surface area (Å²) in [6, 6.07) is 13.8. The highest BCUT2D eigenvalue weighted by Gasteiger charge is 2.47. The Morgan fingerprint density at radius 3 is 2.10 bits per heavy atom. The van der Waals surface area contributed by atoms with E-state index in [2.05, 4.69) is 0 Å². The van der Waals surface area contributed by atoms with Crippen LogP contribution in [-0.4, -0.2) is 47.4 Å². The maximum atomic E-state index is 12.2. The minimum absolute atomic E-state index is 0.232. The second-order valence-corrected chi connectivity index (χ2v) is 7.19. The van der Waals surface area contributed by atoms with Gasteiger partial charge in [-0.25, -0.2) is 4.79 Å². The third-order valence-electron chi connectivity index (χ3n) is 4.68. The molecule has 0 fully saturated rings. The SMILES string of the molecule is CCOC(=O)c1ccccc1-c1ccc(CC(COC(C)C)(C(=O)O)C(=O)O)cc1. The largest absolute Gasteiger partial charge is 0.480 e. The van der Waals surface area contributed by atoms with E-state index in [4.69, 9.17) is 9.47 Å². The fraction of sp³-hybridized carbons (Fsp3) is 0.348. The molecular formula is C23H26O7. The normalized spacial score (nSPS) is 11.3. The summed E-state index contributed by atoms with van der Waals surface area (Å²) >= 11 is 0. The Labute approximate surface area is 175 Å². The van der Waals surface area contributed by atoms with Gasteiger partial charge in [0.2, 0.25) is 0 Å². The van der Waals surface area contributed by atoms with Crippen LogP contribution in [0.25, 0.3) is 11.1 Å². The maximum Gasteiger partial charge on any atom is 0.338 e. The van der Waals surface area contributed by atoms with E-state index in [0.29, 0.717) is 16.7 Å². The first-order valence-corrected chi connectivity index (χ1v) is 9.65. The topological polar surface area (TPSA) is 110 Å². The lowest BCUT2D eigenvalue weighted by Crippen LogP contribution is -2.46. The molecule has 2 aromatic rings. The van der Waals surface area contributed by atoms with Crippen LogP contribution in [0.1, 0.15) is 36.7 Å². The van der Waals surface area contributed by atoms with Crippen molar-refractivity contribution in [2.24, 2.45) is 5.41 Å². The lowest BCUT2D eigenvalue weighted by molar-refractivity contribution is -0.170. The summed E-state index contributed by atoms with van der Waals surface area (Å²) < 4.78 is 10.4. The molecule has 0 saturated carbocycles. The van der Waals surface area contributed by atoms with Crippen molar-refractivity contribution in [3.05, 3.63) is 59.7 Å². The van der Waals surface area contributed by atoms with Crippen LogP contribution in [0.15, 0.2) is 48.5 Å². The van der Waals surface area contributed by atoms with Gasteiger partial charge in [-0.15, -0.1) is 0 Å². The third-order valence-corrected chi connectivity index (χ3v) is 4.68. The molecule has 0 aliphatic heterocycles. The molecule has 0 aromatic heterocycles. The zero-order chi connectivity index (χ0) is 22.3. The highest BCUT2D eigenvalue weighted by molar-refractivity contribution is 5.99. The first kappa shape index (κ1) is 23.1. The number of hydrogen-bond acceptors (Lipinski definition) is 5. The molecule has 0 amide bonds. The van der Waals surface area contributed by atoms with Crippen LogP contribution in [0.2, 0.25) is 0 Å². The van der Waals surface area contributed by atoms with Crippen molar-refractivity contribution in [1.82, 2.24) is 0 Å². The molecule has 0 saturated heterocycles. The quantitative estimate of drug-likeness (QED) is 0.451. The van der Waals surface area contributed by atoms with E-state index in [-0.39, 0.29) is 19.1 Å². The van der Waals surface area contributed by atoms with Gasteiger partial charge in [0.05, 0.1) is 24.9 Å². The van der Waals surface area contributed by atoms with Crippen LogP contribution < -0.4 is 0 Å². The molecule has 160 valence electrons. The molecule has 2 aromatic carbocycles. The minimum atomic E-state index is -2.09. The first-order valence-electron chi connectivity index (χ1n) is 9.65. The number of carboxylic acid groups (broad SMARTS) is 2. The van der Waals surface area contributed by atoms with Crippen LogP contribution in [0, 0.1) is 5.41 Å². The fourth-order valence-corrected chi connectivity index (χ4v) is 3.00. The molecule has 2 N–H and O–H groups in total. The Hall–Kier alpha value is -3.19. The summed E-state index contributed by atoms with van der Waals surface area (Å²) in [5.74, 6) is -3.33. The monoisotopic (exact) mass is 414 g/mol. The van der Waals surface area contributed by atoms with Crippen molar-refractivity contribution >= 4 is 17.9 Å². The van der Waals surface area contributed by atoms with Gasteiger partial charge in [-0.1, -0.05) is 42.5 Å². The number of carbonyl (C=O) groups is 3. The number of ether oxygens (including phenoxy) is 2. The number of carboxylic acids is 2. The molecule has 0 radical (unpaired) electrons. The molecule has 30 heavy (non-hydrogen) atoms. The van der Waals surface area contributed by atoms with Crippen molar-refractivity contribution < 1.29 is 34.1 Å². The summed E-state index contributed by atoms with van der Waals surface area (Å²) in [5.41, 5.74) is 0.270. The lowest BCUT2D eigenvalue weighted by Gasteiger charge is -2.26. The molecule has 0 spiro atoms. The fourth-order valence-electron chi connectivity index (χ4n) is 3.00. The van der Waals surface area contributed by atoms with Gasteiger partial charge in [0.25, 0.3) is 0 Å². The number of aliphatic carboxylic acids is 2. The second-order valence-electron chi connectivity index (χ2n) is 7.19. The van der Waals surface area contributed by atoms with E-state index in [1.807, 2.05) is 0 Å². The summed E-state index contributed by atoms with van der Waals surface area (Å²) in [5, 5.41) is 19.3. The number of hydrogen-bond donors (Lipinski definition) is 2. The van der Waals surface area contributed by atoms with Crippen LogP contribution >= 0.6 is 0 Å². The number of esters is 1. The predicted molar refractivity (Wildman–Crippen MR) is 110 cm³/mol. The number of rotatable bonds is 10. The molecule has 7 heteroatoms. The standard InChI is InChI=1S/C23H26O7/c1-4-29-20(24)19-8-6-5-7-18(19)17-11-9-16(10-12-17)13-23(21(25)26,22(27)28)14-30-15(2)3/h5-12,15H,4,13-14H2,1-3H3,(H,25,26)(H,27,28). The van der Waals surface area contributed by atoms with E-state index >= 15 is 0 Å². The van der Waals surface area contributed by atoms with E-state index in [1.54, 1.807) is 69.3 Å². The average Bonchev–Trinajstić information content (AvgIpc) is 2.71. The van der Waals surface area contributed by atoms with Gasteiger partial charge in [-0.05, 0) is 43.5 Å². The molecule has 7 nitrogen and oxygen atoms in total. The van der Waals surface area contributed by atoms with Gasteiger partial charge in [0.1, 0.15) is 0 Å². The van der Waals surface area contributed by atoms with Gasteiger partial charge in [-0.2, -0.15) is 0 Å². The Kier molecular flexibility index (Phi) is 7.72. The summed E-state index contributed by atoms with van der Waals surface area (Å²) in [6.07, 6.45) is -0.533. The van der Waals surface area contributed by atoms with Crippen molar-refractivity contribution in [3.8, 4) is 11.1 Å². The number of carbonyl (C=O) groups excluding carboxylic acids is 1. The zero-order valence-electron chi connectivity index (χ0n) is 17.3. The summed E-state index contributed by atoms with van der Waals surface area (Å²) in [7, 11) is 0. The molecule has 0 unspecified atom stereocenters. The van der Waals surface area contributed by atoms with Gasteiger partial charge < -0.3 is 19.7 Å². The van der Waals surface area contributed by atoms with Crippen LogP contribution in [0.3, 0.4) is 0 Å². The van der Waals surface area contributed by atoms with Crippen molar-refractivity contribution in [3.63, 3.8) is 0 Å². The molecule has 2 rings (SSSR count). The van der Waals surface area contributed by atoms with E-state index in [0.717, 1.165) is 5.56 Å². The van der Waals surface area contributed by atoms with Gasteiger partial charge in [0, 0.05) is 6.42 Å². The summed E-state index contributed by atoms with van der Waals surface area (Å²) in [4.78, 5) is 35.9. The molecule has 0 aliphatic rings. The van der Waals surface area contributed by atoms with Crippen molar-refractivity contribution in [1.29, 1.82) is 0 Å². The van der Waals surface area contributed by atoms with Crippen molar-refractivity contribution in [2.45, 2.75) is 33.3 Å². The zero-order valence-corrected chi connectivity index (χ0v) is 17.3. The minimum Gasteiger partial charge on any atom is -0.480 e. The Morgan fingerprint density at radius 2 is 1.57 bits per heavy atom. The van der Waals surface area contributed by atoms with Gasteiger partial charge in [0.15, 0.2) is 5.41 Å². The van der Waals surface area contributed by atoms with Crippen molar-refractivity contribution in [2.75, 3.05) is 13.2 Å². The highest BCUT2D eigenvalue weighted by Crippen LogP contribution is 2.29. The van der Waals surface area contributed by atoms with Gasteiger partial charge in [-0.3, -0.25) is 9.59 Å². The molecular weight excluding hydrogens is 388 g/mol. The van der Waals surface area contributed by atoms with Gasteiger partial charge >= 0.3 is 17.9 Å². The third kappa shape index (κ3) is 5.24. The van der Waals surface area contributed by atoms with Crippen LogP contribution in [0.4, 0.5) is 0 Å². The predicted octanol–water partition coefficient (Wildman–Crippen LogP) is 3.65. The van der Waals surface area contributed by atoms with E-state index in [9.17, 15) is 24.6 Å². The molecule has 0 bridgehead atoms.